The molecule has 0 radical (unpaired) electrons. The summed E-state index contributed by atoms with van der Waals surface area (Å²) in [4.78, 5) is 0. The second kappa shape index (κ2) is 3.04. The topological polar surface area (TPSA) is 92.5 Å². The van der Waals surface area contributed by atoms with Crippen molar-refractivity contribution in [2.75, 3.05) is 0 Å². The monoisotopic (exact) mass is 166 g/mol. The highest BCUT2D eigenvalue weighted by atomic mass is 16.3. The molecule has 0 saturated carbocycles. The van der Waals surface area contributed by atoms with E-state index in [0.717, 1.165) is 0 Å². The highest BCUT2D eigenvalue weighted by Gasteiger charge is 1.97. The van der Waals surface area contributed by atoms with E-state index in [2.05, 4.69) is 0 Å². The van der Waals surface area contributed by atoms with Crippen LogP contribution in [0.4, 0.5) is 0 Å². The van der Waals surface area contributed by atoms with Gasteiger partial charge in [-0.3, -0.25) is 0 Å². The molecule has 6 N–H and O–H groups in total. The van der Waals surface area contributed by atoms with Crippen molar-refractivity contribution < 1.29 is 10.2 Å². The van der Waals surface area contributed by atoms with Crippen LogP contribution in [0.25, 0.3) is 6.08 Å². The van der Waals surface area contributed by atoms with Gasteiger partial charge in [-0.25, -0.2) is 0 Å². The van der Waals surface area contributed by atoms with Crippen LogP contribution in [0.5, 0.6) is 11.5 Å². The van der Waals surface area contributed by atoms with E-state index >= 15 is 0 Å². The third-order valence-corrected chi connectivity index (χ3v) is 1.33. The van der Waals surface area contributed by atoms with Crippen LogP contribution in [0.3, 0.4) is 0 Å². The largest absolute Gasteiger partial charge is 0.504 e. The third kappa shape index (κ3) is 1.82. The van der Waals surface area contributed by atoms with Crippen LogP contribution in [-0.4, -0.2) is 10.2 Å². The highest BCUT2D eigenvalue weighted by molar-refractivity contribution is 5.56. The number of rotatable bonds is 1. The molecule has 0 aliphatic carbocycles. The molecule has 4 nitrogen and oxygen atoms in total. The number of aromatic hydroxyl groups is 2. The minimum atomic E-state index is -0.190. The lowest BCUT2D eigenvalue weighted by Gasteiger charge is -1.98. The van der Waals surface area contributed by atoms with Gasteiger partial charge in [0.1, 0.15) is 0 Å². The summed E-state index contributed by atoms with van der Waals surface area (Å²) in [5, 5.41) is 18.0. The van der Waals surface area contributed by atoms with Crippen molar-refractivity contribution >= 4 is 6.08 Å². The van der Waals surface area contributed by atoms with E-state index in [9.17, 15) is 0 Å². The highest BCUT2D eigenvalue weighted by Crippen LogP contribution is 2.25. The molecule has 0 amide bonds. The van der Waals surface area contributed by atoms with E-state index in [-0.39, 0.29) is 17.3 Å². The van der Waals surface area contributed by atoms with Crippen LogP contribution >= 0.6 is 0 Å². The van der Waals surface area contributed by atoms with Crippen LogP contribution < -0.4 is 11.5 Å². The fourth-order valence-corrected chi connectivity index (χ4v) is 0.823. The molecule has 0 aliphatic rings. The molecule has 0 fully saturated rings. The van der Waals surface area contributed by atoms with Crippen molar-refractivity contribution in [3.05, 3.63) is 29.6 Å². The summed E-state index contributed by atoms with van der Waals surface area (Å²) in [6, 6.07) is 4.33. The van der Waals surface area contributed by atoms with Gasteiger partial charge in [0.2, 0.25) is 0 Å². The van der Waals surface area contributed by atoms with Gasteiger partial charge in [0, 0.05) is 0 Å². The minimum absolute atomic E-state index is 0.153. The second-order valence-electron chi connectivity index (χ2n) is 2.39. The molecule has 64 valence electrons. The first-order valence-corrected chi connectivity index (χ1v) is 3.34. The molecule has 1 rings (SSSR count). The number of phenolic OH excluding ortho intramolecular Hbond substituents is 2. The van der Waals surface area contributed by atoms with Crippen LogP contribution in [0.1, 0.15) is 5.56 Å². The van der Waals surface area contributed by atoms with Crippen molar-refractivity contribution in [1.29, 1.82) is 0 Å². The van der Waals surface area contributed by atoms with Crippen LogP contribution in [-0.2, 0) is 0 Å². The minimum Gasteiger partial charge on any atom is -0.504 e. The molecule has 0 atom stereocenters. The molecule has 0 heterocycles. The molecule has 12 heavy (non-hydrogen) atoms. The molecule has 4 heteroatoms. The molecule has 0 bridgehead atoms. The lowest BCUT2D eigenvalue weighted by Crippen LogP contribution is -2.06. The Balaban J connectivity index is 3.05. The molecule has 0 spiro atoms. The summed E-state index contributed by atoms with van der Waals surface area (Å²) in [6.07, 6.45) is 1.49. The number of nitrogens with two attached hydrogens (primary N) is 2. The van der Waals surface area contributed by atoms with Crippen molar-refractivity contribution in [1.82, 2.24) is 0 Å². The van der Waals surface area contributed by atoms with Crippen LogP contribution in [0.15, 0.2) is 24.0 Å². The van der Waals surface area contributed by atoms with E-state index < -0.39 is 0 Å². The Morgan fingerprint density at radius 3 is 2.33 bits per heavy atom. The molecule has 0 saturated heterocycles. The number of hydrogen-bond acceptors (Lipinski definition) is 4. The maximum Gasteiger partial charge on any atom is 0.157 e. The van der Waals surface area contributed by atoms with Crippen LogP contribution in [0.2, 0.25) is 0 Å². The summed E-state index contributed by atoms with van der Waals surface area (Å²) in [5.74, 6) is -0.201. The smallest absolute Gasteiger partial charge is 0.157 e. The molecule has 0 aromatic heterocycles. The first-order valence-electron chi connectivity index (χ1n) is 3.34. The Hall–Kier alpha value is -1.84. The predicted octanol–water partition coefficient (Wildman–Crippen LogP) is 0.314. The van der Waals surface area contributed by atoms with Crippen LogP contribution in [0, 0.1) is 0 Å². The van der Waals surface area contributed by atoms with Gasteiger partial charge in [-0.15, -0.1) is 0 Å². The van der Waals surface area contributed by atoms with E-state index in [1.54, 1.807) is 6.07 Å². The van der Waals surface area contributed by atoms with Gasteiger partial charge in [-0.2, -0.15) is 0 Å². The summed E-state index contributed by atoms with van der Waals surface area (Å²) in [7, 11) is 0. The fourth-order valence-electron chi connectivity index (χ4n) is 0.823. The molecule has 1 aromatic carbocycles. The van der Waals surface area contributed by atoms with Gasteiger partial charge < -0.3 is 21.7 Å². The summed E-state index contributed by atoms with van der Waals surface area (Å²) in [6.45, 7) is 0. The SMILES string of the molecule is NC(N)=Cc1ccc(O)c(O)c1. The zero-order valence-electron chi connectivity index (χ0n) is 6.36. The van der Waals surface area contributed by atoms with Gasteiger partial charge in [-0.05, 0) is 23.8 Å². The second-order valence-corrected chi connectivity index (χ2v) is 2.39. The zero-order valence-corrected chi connectivity index (χ0v) is 6.36. The summed E-state index contributed by atoms with van der Waals surface area (Å²) < 4.78 is 0. The third-order valence-electron chi connectivity index (χ3n) is 1.33. The standard InChI is InChI=1S/C8H10N2O2/c9-8(10)4-5-1-2-6(11)7(12)3-5/h1-4,11-12H,9-10H2. The van der Waals surface area contributed by atoms with E-state index in [0.29, 0.717) is 5.56 Å². The quantitative estimate of drug-likeness (QED) is 0.452. The van der Waals surface area contributed by atoms with Crippen molar-refractivity contribution in [2.24, 2.45) is 11.5 Å². The average molecular weight is 166 g/mol. The fraction of sp³-hybridized carbons (Fsp3) is 0. The molecule has 0 aliphatic heterocycles. The molecule has 0 unspecified atom stereocenters. The summed E-state index contributed by atoms with van der Waals surface area (Å²) in [5.41, 5.74) is 11.1. The van der Waals surface area contributed by atoms with Gasteiger partial charge in [0.25, 0.3) is 0 Å². The maximum absolute atomic E-state index is 9.05. The lowest BCUT2D eigenvalue weighted by molar-refractivity contribution is 0.403. The number of benzene rings is 1. The summed E-state index contributed by atoms with van der Waals surface area (Å²) >= 11 is 0. The van der Waals surface area contributed by atoms with Gasteiger partial charge in [0.05, 0.1) is 5.82 Å². The van der Waals surface area contributed by atoms with Crippen molar-refractivity contribution in [2.45, 2.75) is 0 Å². The van der Waals surface area contributed by atoms with Gasteiger partial charge in [-0.1, -0.05) is 6.07 Å². The average Bonchev–Trinajstić information content (AvgIpc) is 1.96. The van der Waals surface area contributed by atoms with E-state index in [1.165, 1.54) is 18.2 Å². The van der Waals surface area contributed by atoms with Gasteiger partial charge >= 0.3 is 0 Å². The molecule has 1 aromatic rings. The first-order chi connectivity index (χ1) is 5.59. The van der Waals surface area contributed by atoms with E-state index in [4.69, 9.17) is 21.7 Å². The number of phenols is 2. The lowest BCUT2D eigenvalue weighted by atomic mass is 10.2. The normalized spacial score (nSPS) is 9.33. The zero-order chi connectivity index (χ0) is 9.14. The Kier molecular flexibility index (Phi) is 2.09. The first kappa shape index (κ1) is 8.26. The van der Waals surface area contributed by atoms with Gasteiger partial charge in [0.15, 0.2) is 11.5 Å². The maximum atomic E-state index is 9.05. The number of hydrogen-bond donors (Lipinski definition) is 4. The Morgan fingerprint density at radius 2 is 1.83 bits per heavy atom. The Morgan fingerprint density at radius 1 is 1.17 bits per heavy atom. The Bertz CT molecular complexity index is 317. The van der Waals surface area contributed by atoms with E-state index in [1.807, 2.05) is 0 Å². The van der Waals surface area contributed by atoms with Crippen molar-refractivity contribution in [3.8, 4) is 11.5 Å². The van der Waals surface area contributed by atoms with Crippen molar-refractivity contribution in [3.63, 3.8) is 0 Å². The molecular formula is C8H10N2O2. The predicted molar refractivity (Wildman–Crippen MR) is 46.1 cm³/mol. The Labute approximate surface area is 69.7 Å². The molecular weight excluding hydrogens is 156 g/mol.